The molecule has 0 aliphatic rings. The molecule has 0 spiro atoms. The highest BCUT2D eigenvalue weighted by Crippen LogP contribution is 2.33. The van der Waals surface area contributed by atoms with Gasteiger partial charge >= 0.3 is 0 Å². The lowest BCUT2D eigenvalue weighted by atomic mass is 9.96. The van der Waals surface area contributed by atoms with Crippen molar-refractivity contribution in [2.24, 2.45) is 0 Å². The van der Waals surface area contributed by atoms with Gasteiger partial charge in [0.2, 0.25) is 0 Å². The highest BCUT2D eigenvalue weighted by molar-refractivity contribution is 7.05. The first-order valence-electron chi connectivity index (χ1n) is 7.28. The number of benzene rings is 1. The molecule has 0 radical (unpaired) electrons. The molecule has 0 amide bonds. The summed E-state index contributed by atoms with van der Waals surface area (Å²) in [6.07, 6.45) is 0. The second kappa shape index (κ2) is 7.00. The quantitative estimate of drug-likeness (QED) is 0.884. The van der Waals surface area contributed by atoms with Crippen LogP contribution in [0.1, 0.15) is 54.4 Å². The average molecular weight is 305 g/mol. The van der Waals surface area contributed by atoms with E-state index in [2.05, 4.69) is 54.7 Å². The van der Waals surface area contributed by atoms with Crippen LogP contribution in [-0.2, 0) is 0 Å². The third-order valence-corrected chi connectivity index (χ3v) is 4.35. The van der Waals surface area contributed by atoms with Crippen LogP contribution < -0.4 is 10.1 Å². The maximum Gasteiger partial charge on any atom is 0.119 e. The Labute approximate surface area is 130 Å². The molecule has 0 fully saturated rings. The highest BCUT2D eigenvalue weighted by atomic mass is 32.1. The van der Waals surface area contributed by atoms with Crippen molar-refractivity contribution in [3.63, 3.8) is 0 Å². The minimum absolute atomic E-state index is 0.137. The van der Waals surface area contributed by atoms with Crippen LogP contribution in [0.5, 0.6) is 5.75 Å². The Morgan fingerprint density at radius 3 is 2.67 bits per heavy atom. The fraction of sp³-hybridized carbons (Fsp3) is 0.500. The molecule has 0 aliphatic carbocycles. The number of aryl methyl sites for hydroxylation is 1. The molecule has 1 heterocycles. The zero-order valence-electron chi connectivity index (χ0n) is 13.3. The van der Waals surface area contributed by atoms with Crippen molar-refractivity contribution < 1.29 is 4.74 Å². The summed E-state index contributed by atoms with van der Waals surface area (Å²) in [5.41, 5.74) is 3.55. The lowest BCUT2D eigenvalue weighted by molar-refractivity contribution is 0.414. The van der Waals surface area contributed by atoms with E-state index in [1.807, 2.05) is 6.07 Å². The van der Waals surface area contributed by atoms with E-state index < -0.39 is 0 Å². The topological polar surface area (TPSA) is 47.0 Å². The van der Waals surface area contributed by atoms with Crippen LogP contribution in [0.4, 0.5) is 0 Å². The van der Waals surface area contributed by atoms with Gasteiger partial charge in [-0.05, 0) is 54.2 Å². The summed E-state index contributed by atoms with van der Waals surface area (Å²) in [7, 11) is 1.69. The normalized spacial score (nSPS) is 12.7. The van der Waals surface area contributed by atoms with Crippen molar-refractivity contribution in [1.82, 2.24) is 14.9 Å². The van der Waals surface area contributed by atoms with Gasteiger partial charge in [-0.3, -0.25) is 0 Å². The Morgan fingerprint density at radius 2 is 2.10 bits per heavy atom. The molecule has 1 N–H and O–H groups in total. The van der Waals surface area contributed by atoms with Crippen molar-refractivity contribution in [1.29, 1.82) is 0 Å². The number of methoxy groups -OCH3 is 1. The maximum absolute atomic E-state index is 5.30. The third kappa shape index (κ3) is 3.41. The third-order valence-electron chi connectivity index (χ3n) is 3.55. The molecule has 0 saturated heterocycles. The van der Waals surface area contributed by atoms with E-state index in [1.165, 1.54) is 27.5 Å². The number of aromatic nitrogens is 2. The van der Waals surface area contributed by atoms with Gasteiger partial charge in [-0.25, -0.2) is 0 Å². The maximum atomic E-state index is 5.30. The SMILES string of the molecule is CCNC(c1ccc(OC)cc1C)c1snnc1C(C)C. The van der Waals surface area contributed by atoms with Gasteiger partial charge in [-0.1, -0.05) is 31.3 Å². The molecule has 0 aliphatic heterocycles. The number of nitrogens with zero attached hydrogens (tertiary/aromatic N) is 2. The standard InChI is InChI=1S/C16H23N3OS/c1-6-17-15(16-14(10(2)3)18-19-21-16)13-8-7-12(20-5)9-11(13)4/h7-10,15,17H,6H2,1-5H3. The Bertz CT molecular complexity index is 595. The molecule has 0 bridgehead atoms. The molecule has 1 unspecified atom stereocenters. The van der Waals surface area contributed by atoms with Crippen molar-refractivity contribution in [3.8, 4) is 5.75 Å². The van der Waals surface area contributed by atoms with Gasteiger partial charge < -0.3 is 10.1 Å². The molecule has 1 aromatic carbocycles. The lowest BCUT2D eigenvalue weighted by Gasteiger charge is -2.21. The van der Waals surface area contributed by atoms with Crippen LogP contribution in [-0.4, -0.2) is 23.2 Å². The number of hydrogen-bond acceptors (Lipinski definition) is 5. The Balaban J connectivity index is 2.46. The minimum Gasteiger partial charge on any atom is -0.497 e. The van der Waals surface area contributed by atoms with Crippen molar-refractivity contribution in [2.75, 3.05) is 13.7 Å². The fourth-order valence-electron chi connectivity index (χ4n) is 2.45. The summed E-state index contributed by atoms with van der Waals surface area (Å²) in [5, 5.41) is 7.88. The van der Waals surface area contributed by atoms with Crippen LogP contribution in [0.25, 0.3) is 0 Å². The first-order chi connectivity index (χ1) is 10.1. The molecule has 0 saturated carbocycles. The molecular formula is C16H23N3OS. The number of hydrogen-bond donors (Lipinski definition) is 1. The molecule has 5 heteroatoms. The van der Waals surface area contributed by atoms with Crippen LogP contribution in [0.3, 0.4) is 0 Å². The van der Waals surface area contributed by atoms with E-state index in [0.717, 1.165) is 18.0 Å². The number of nitrogens with one attached hydrogen (secondary N) is 1. The summed E-state index contributed by atoms with van der Waals surface area (Å²) in [6.45, 7) is 9.45. The monoisotopic (exact) mass is 305 g/mol. The van der Waals surface area contributed by atoms with E-state index in [9.17, 15) is 0 Å². The first-order valence-corrected chi connectivity index (χ1v) is 8.05. The molecule has 1 atom stereocenters. The molecule has 4 nitrogen and oxygen atoms in total. The highest BCUT2D eigenvalue weighted by Gasteiger charge is 2.23. The fourth-order valence-corrected chi connectivity index (χ4v) is 3.35. The number of rotatable bonds is 6. The van der Waals surface area contributed by atoms with E-state index in [0.29, 0.717) is 5.92 Å². The van der Waals surface area contributed by atoms with Crippen LogP contribution in [0.15, 0.2) is 18.2 Å². The molecule has 2 rings (SSSR count). The Kier molecular flexibility index (Phi) is 5.31. The summed E-state index contributed by atoms with van der Waals surface area (Å²) in [4.78, 5) is 1.21. The van der Waals surface area contributed by atoms with Gasteiger partial charge in [0, 0.05) is 0 Å². The molecule has 114 valence electrons. The van der Waals surface area contributed by atoms with E-state index in [-0.39, 0.29) is 6.04 Å². The van der Waals surface area contributed by atoms with Gasteiger partial charge in [0.25, 0.3) is 0 Å². The Hall–Kier alpha value is -1.46. The van der Waals surface area contributed by atoms with E-state index in [4.69, 9.17) is 4.74 Å². The zero-order chi connectivity index (χ0) is 15.4. The zero-order valence-corrected chi connectivity index (χ0v) is 14.1. The van der Waals surface area contributed by atoms with Gasteiger partial charge in [0.05, 0.1) is 23.7 Å². The van der Waals surface area contributed by atoms with E-state index in [1.54, 1.807) is 7.11 Å². The summed E-state index contributed by atoms with van der Waals surface area (Å²) in [6, 6.07) is 6.35. The van der Waals surface area contributed by atoms with Crippen LogP contribution in [0, 0.1) is 6.92 Å². The summed E-state index contributed by atoms with van der Waals surface area (Å²) < 4.78 is 9.46. The molecule has 21 heavy (non-hydrogen) atoms. The second-order valence-corrected chi connectivity index (χ2v) is 6.18. The van der Waals surface area contributed by atoms with Gasteiger partial charge in [0.1, 0.15) is 5.75 Å². The molecule has 2 aromatic rings. The lowest BCUT2D eigenvalue weighted by Crippen LogP contribution is -2.23. The van der Waals surface area contributed by atoms with Crippen LogP contribution in [0.2, 0.25) is 0 Å². The van der Waals surface area contributed by atoms with Crippen molar-refractivity contribution >= 4 is 11.5 Å². The second-order valence-electron chi connectivity index (χ2n) is 5.39. The largest absolute Gasteiger partial charge is 0.497 e. The predicted molar refractivity (Wildman–Crippen MR) is 87.2 cm³/mol. The van der Waals surface area contributed by atoms with Gasteiger partial charge in [0.15, 0.2) is 0 Å². The predicted octanol–water partition coefficient (Wildman–Crippen LogP) is 3.68. The van der Waals surface area contributed by atoms with Crippen LogP contribution >= 0.6 is 11.5 Å². The summed E-state index contributed by atoms with van der Waals surface area (Å²) in [5.74, 6) is 1.26. The molecule has 1 aromatic heterocycles. The smallest absolute Gasteiger partial charge is 0.119 e. The van der Waals surface area contributed by atoms with E-state index >= 15 is 0 Å². The van der Waals surface area contributed by atoms with Crippen molar-refractivity contribution in [2.45, 2.75) is 39.7 Å². The first kappa shape index (κ1) is 15.9. The van der Waals surface area contributed by atoms with Gasteiger partial charge in [-0.2, -0.15) is 0 Å². The number of ether oxygens (including phenoxy) is 1. The van der Waals surface area contributed by atoms with Gasteiger partial charge in [-0.15, -0.1) is 5.10 Å². The van der Waals surface area contributed by atoms with Crippen molar-refractivity contribution in [3.05, 3.63) is 39.9 Å². The Morgan fingerprint density at radius 1 is 1.33 bits per heavy atom. The summed E-state index contributed by atoms with van der Waals surface area (Å²) >= 11 is 1.48. The average Bonchev–Trinajstić information content (AvgIpc) is 2.94. The minimum atomic E-state index is 0.137. The molecular weight excluding hydrogens is 282 g/mol.